The van der Waals surface area contributed by atoms with Crippen molar-refractivity contribution in [2.24, 2.45) is 17.8 Å². The van der Waals surface area contributed by atoms with Crippen LogP contribution in [0.3, 0.4) is 0 Å². The molecule has 2 N–H and O–H groups in total. The van der Waals surface area contributed by atoms with Crippen molar-refractivity contribution < 1.29 is 0 Å². The van der Waals surface area contributed by atoms with Crippen molar-refractivity contribution >= 4 is 5.96 Å². The lowest BCUT2D eigenvalue weighted by Crippen LogP contribution is -2.38. The van der Waals surface area contributed by atoms with Crippen LogP contribution in [-0.4, -0.2) is 40.3 Å². The van der Waals surface area contributed by atoms with Gasteiger partial charge in [0.25, 0.3) is 0 Å². The van der Waals surface area contributed by atoms with E-state index in [1.54, 1.807) is 0 Å². The molecule has 0 atom stereocenters. The third kappa shape index (κ3) is 4.22. The molecule has 1 aromatic heterocycles. The molecule has 0 aliphatic carbocycles. The Kier molecular flexibility index (Phi) is 5.65. The van der Waals surface area contributed by atoms with Crippen LogP contribution in [0.15, 0.2) is 4.99 Å². The van der Waals surface area contributed by atoms with E-state index in [1.165, 1.54) is 36.9 Å². The SMILES string of the molecule is Cc1nn(C)c(C)c1CCCN=C(N)N1CCCCCC1. The van der Waals surface area contributed by atoms with E-state index in [4.69, 9.17) is 5.73 Å². The molecule has 0 bridgehead atoms. The number of aryl methyl sites for hydroxylation is 2. The second kappa shape index (κ2) is 7.48. The highest BCUT2D eigenvalue weighted by Gasteiger charge is 2.11. The molecule has 5 nitrogen and oxygen atoms in total. The Morgan fingerprint density at radius 1 is 1.19 bits per heavy atom. The lowest BCUT2D eigenvalue weighted by atomic mass is 10.1. The van der Waals surface area contributed by atoms with Crippen LogP contribution in [0.2, 0.25) is 0 Å². The summed E-state index contributed by atoms with van der Waals surface area (Å²) in [4.78, 5) is 6.81. The number of nitrogens with zero attached hydrogens (tertiary/aromatic N) is 4. The summed E-state index contributed by atoms with van der Waals surface area (Å²) in [7, 11) is 2.00. The van der Waals surface area contributed by atoms with E-state index < -0.39 is 0 Å². The normalized spacial score (nSPS) is 17.1. The van der Waals surface area contributed by atoms with Crippen LogP contribution in [0, 0.1) is 13.8 Å². The Morgan fingerprint density at radius 2 is 1.86 bits per heavy atom. The number of hydrogen-bond acceptors (Lipinski definition) is 2. The first-order valence-corrected chi connectivity index (χ1v) is 8.13. The highest BCUT2D eigenvalue weighted by molar-refractivity contribution is 5.78. The minimum atomic E-state index is 0.733. The van der Waals surface area contributed by atoms with E-state index in [0.29, 0.717) is 0 Å². The van der Waals surface area contributed by atoms with Gasteiger partial charge in [-0.1, -0.05) is 12.8 Å². The largest absolute Gasteiger partial charge is 0.370 e. The number of nitrogens with two attached hydrogens (primary N) is 1. The minimum Gasteiger partial charge on any atom is -0.370 e. The van der Waals surface area contributed by atoms with Crippen molar-refractivity contribution in [1.82, 2.24) is 14.7 Å². The number of aromatic nitrogens is 2. The molecule has 1 aliphatic heterocycles. The zero-order valence-electron chi connectivity index (χ0n) is 13.7. The summed E-state index contributed by atoms with van der Waals surface area (Å²) in [6.45, 7) is 7.14. The van der Waals surface area contributed by atoms with Crippen molar-refractivity contribution in [3.05, 3.63) is 17.0 Å². The van der Waals surface area contributed by atoms with Gasteiger partial charge in [-0.25, -0.2) is 0 Å². The zero-order valence-corrected chi connectivity index (χ0v) is 13.7. The van der Waals surface area contributed by atoms with Gasteiger partial charge in [0, 0.05) is 32.4 Å². The Balaban J connectivity index is 1.81. The number of rotatable bonds is 4. The molecule has 0 spiro atoms. The molecule has 0 radical (unpaired) electrons. The zero-order chi connectivity index (χ0) is 15.2. The fraction of sp³-hybridized carbons (Fsp3) is 0.750. The second-order valence-electron chi connectivity index (χ2n) is 6.02. The summed E-state index contributed by atoms with van der Waals surface area (Å²) >= 11 is 0. The topological polar surface area (TPSA) is 59.4 Å². The van der Waals surface area contributed by atoms with Gasteiger partial charge in [0.05, 0.1) is 5.69 Å². The van der Waals surface area contributed by atoms with Gasteiger partial charge in [0.2, 0.25) is 0 Å². The molecule has 118 valence electrons. The van der Waals surface area contributed by atoms with E-state index >= 15 is 0 Å². The fourth-order valence-electron chi connectivity index (χ4n) is 3.03. The standard InChI is InChI=1S/C16H29N5/c1-13-15(14(2)20(3)19-13)9-8-10-18-16(17)21-11-6-4-5-7-12-21/h4-12H2,1-3H3,(H2,17,18). The molecule has 1 saturated heterocycles. The highest BCUT2D eigenvalue weighted by atomic mass is 15.3. The first-order chi connectivity index (χ1) is 10.1. The van der Waals surface area contributed by atoms with Gasteiger partial charge < -0.3 is 10.6 Å². The first-order valence-electron chi connectivity index (χ1n) is 8.13. The molecule has 1 aromatic rings. The van der Waals surface area contributed by atoms with E-state index in [0.717, 1.165) is 44.1 Å². The molecule has 2 heterocycles. The number of likely N-dealkylation sites (tertiary alicyclic amines) is 1. The molecular weight excluding hydrogens is 262 g/mol. The summed E-state index contributed by atoms with van der Waals surface area (Å²) in [5.41, 5.74) is 9.88. The van der Waals surface area contributed by atoms with Crippen molar-refractivity contribution in [2.75, 3.05) is 19.6 Å². The molecule has 0 saturated carbocycles. The molecule has 0 amide bonds. The van der Waals surface area contributed by atoms with Crippen LogP contribution < -0.4 is 5.73 Å². The molecule has 5 heteroatoms. The minimum absolute atomic E-state index is 0.733. The summed E-state index contributed by atoms with van der Waals surface area (Å²) < 4.78 is 1.96. The Labute approximate surface area is 128 Å². The predicted molar refractivity (Wildman–Crippen MR) is 87.5 cm³/mol. The van der Waals surface area contributed by atoms with Crippen LogP contribution in [-0.2, 0) is 13.5 Å². The molecule has 2 rings (SSSR count). The van der Waals surface area contributed by atoms with Crippen LogP contribution in [0.4, 0.5) is 0 Å². The van der Waals surface area contributed by atoms with Crippen LogP contribution in [0.25, 0.3) is 0 Å². The lowest BCUT2D eigenvalue weighted by Gasteiger charge is -2.21. The lowest BCUT2D eigenvalue weighted by molar-refractivity contribution is 0.428. The summed E-state index contributed by atoms with van der Waals surface area (Å²) in [6.07, 6.45) is 7.19. The van der Waals surface area contributed by atoms with Crippen molar-refractivity contribution in [3.63, 3.8) is 0 Å². The molecule has 21 heavy (non-hydrogen) atoms. The quantitative estimate of drug-likeness (QED) is 0.525. The number of aliphatic imine (C=N–C) groups is 1. The summed E-state index contributed by atoms with van der Waals surface area (Å²) in [6, 6.07) is 0. The molecular formula is C16H29N5. The second-order valence-corrected chi connectivity index (χ2v) is 6.02. The Morgan fingerprint density at radius 3 is 2.43 bits per heavy atom. The smallest absolute Gasteiger partial charge is 0.191 e. The fourth-order valence-corrected chi connectivity index (χ4v) is 3.03. The van der Waals surface area contributed by atoms with Gasteiger partial charge in [-0.3, -0.25) is 9.67 Å². The maximum Gasteiger partial charge on any atom is 0.191 e. The van der Waals surface area contributed by atoms with Crippen molar-refractivity contribution in [2.45, 2.75) is 52.4 Å². The highest BCUT2D eigenvalue weighted by Crippen LogP contribution is 2.14. The van der Waals surface area contributed by atoms with Crippen LogP contribution in [0.1, 0.15) is 49.1 Å². The van der Waals surface area contributed by atoms with E-state index in [1.807, 2.05) is 11.7 Å². The average molecular weight is 291 g/mol. The van der Waals surface area contributed by atoms with Crippen LogP contribution in [0.5, 0.6) is 0 Å². The first kappa shape index (κ1) is 15.9. The maximum atomic E-state index is 6.12. The van der Waals surface area contributed by atoms with Gasteiger partial charge in [-0.05, 0) is 45.1 Å². The summed E-state index contributed by atoms with van der Waals surface area (Å²) in [5.74, 6) is 0.733. The van der Waals surface area contributed by atoms with E-state index in [9.17, 15) is 0 Å². The third-order valence-corrected chi connectivity index (χ3v) is 4.45. The van der Waals surface area contributed by atoms with Gasteiger partial charge in [-0.2, -0.15) is 5.10 Å². The van der Waals surface area contributed by atoms with E-state index in [2.05, 4.69) is 28.8 Å². The predicted octanol–water partition coefficient (Wildman–Crippen LogP) is 2.16. The summed E-state index contributed by atoms with van der Waals surface area (Å²) in [5, 5.41) is 4.46. The molecule has 1 fully saturated rings. The Hall–Kier alpha value is -1.52. The average Bonchev–Trinajstić information content (AvgIpc) is 2.69. The van der Waals surface area contributed by atoms with Crippen LogP contribution >= 0.6 is 0 Å². The third-order valence-electron chi connectivity index (χ3n) is 4.45. The van der Waals surface area contributed by atoms with Crippen molar-refractivity contribution in [1.29, 1.82) is 0 Å². The molecule has 1 aliphatic rings. The van der Waals surface area contributed by atoms with E-state index in [-0.39, 0.29) is 0 Å². The maximum absolute atomic E-state index is 6.12. The molecule has 0 aromatic carbocycles. The number of hydrogen-bond donors (Lipinski definition) is 1. The van der Waals surface area contributed by atoms with Gasteiger partial charge in [0.15, 0.2) is 5.96 Å². The molecule has 0 unspecified atom stereocenters. The Bertz CT molecular complexity index is 481. The monoisotopic (exact) mass is 291 g/mol. The van der Waals surface area contributed by atoms with Crippen molar-refractivity contribution in [3.8, 4) is 0 Å². The van der Waals surface area contributed by atoms with Gasteiger partial charge in [0.1, 0.15) is 0 Å². The number of guanidine groups is 1. The van der Waals surface area contributed by atoms with Gasteiger partial charge >= 0.3 is 0 Å². The van der Waals surface area contributed by atoms with Gasteiger partial charge in [-0.15, -0.1) is 0 Å².